The summed E-state index contributed by atoms with van der Waals surface area (Å²) in [6.45, 7) is 9.28. The maximum absolute atomic E-state index is 12.4. The Hall–Kier alpha value is -1.39. The summed E-state index contributed by atoms with van der Waals surface area (Å²) in [6.07, 6.45) is 4.83. The average molecular weight is 329 g/mol. The molecule has 1 atom stereocenters. The molecular formula is C20H31N3O. The normalized spacial score (nSPS) is 21.8. The summed E-state index contributed by atoms with van der Waals surface area (Å²) in [6, 6.07) is 9.03. The van der Waals surface area contributed by atoms with Gasteiger partial charge in [-0.05, 0) is 37.8 Å². The third kappa shape index (κ3) is 4.37. The molecule has 1 aliphatic carbocycles. The molecule has 0 spiro atoms. The van der Waals surface area contributed by atoms with E-state index in [0.29, 0.717) is 6.04 Å². The molecule has 2 fully saturated rings. The zero-order valence-electron chi connectivity index (χ0n) is 15.1. The maximum atomic E-state index is 12.4. The Morgan fingerprint density at radius 2 is 1.83 bits per heavy atom. The number of aryl methyl sites for hydroxylation is 1. The molecule has 1 saturated carbocycles. The van der Waals surface area contributed by atoms with Gasteiger partial charge in [0.25, 0.3) is 0 Å². The summed E-state index contributed by atoms with van der Waals surface area (Å²) in [4.78, 5) is 17.3. The molecule has 1 aliphatic heterocycles. The molecule has 132 valence electrons. The molecule has 1 amide bonds. The number of rotatable bonds is 5. The van der Waals surface area contributed by atoms with E-state index >= 15 is 0 Å². The standard InChI is InChI=1S/C20H31N3O/c1-16-7-3-4-8-18(16)15-22-11-13-23(14-12-22)17(2)20(24)21-19-9-5-6-10-19/h3-4,7-8,17,19H,5-6,9-15H2,1-2H3,(H,21,24)/t17-/m1/s1. The lowest BCUT2D eigenvalue weighted by Crippen LogP contribution is -2.54. The largest absolute Gasteiger partial charge is 0.352 e. The van der Waals surface area contributed by atoms with Gasteiger partial charge in [-0.2, -0.15) is 0 Å². The topological polar surface area (TPSA) is 35.6 Å². The Morgan fingerprint density at radius 1 is 1.17 bits per heavy atom. The first kappa shape index (κ1) is 17.4. The van der Waals surface area contributed by atoms with Crippen molar-refractivity contribution < 1.29 is 4.79 Å². The predicted octanol–water partition coefficient (Wildman–Crippen LogP) is 2.56. The minimum absolute atomic E-state index is 0.00814. The van der Waals surface area contributed by atoms with E-state index in [0.717, 1.165) is 45.6 Å². The van der Waals surface area contributed by atoms with Crippen molar-refractivity contribution in [3.8, 4) is 0 Å². The van der Waals surface area contributed by atoms with Gasteiger partial charge < -0.3 is 5.32 Å². The maximum Gasteiger partial charge on any atom is 0.237 e. The summed E-state index contributed by atoms with van der Waals surface area (Å²) in [5, 5.41) is 3.24. The van der Waals surface area contributed by atoms with Crippen LogP contribution in [0.2, 0.25) is 0 Å². The van der Waals surface area contributed by atoms with Crippen LogP contribution in [0.15, 0.2) is 24.3 Å². The monoisotopic (exact) mass is 329 g/mol. The molecule has 0 unspecified atom stereocenters. The van der Waals surface area contributed by atoms with Crippen LogP contribution in [-0.2, 0) is 11.3 Å². The van der Waals surface area contributed by atoms with Gasteiger partial charge in [0.15, 0.2) is 0 Å². The molecular weight excluding hydrogens is 298 g/mol. The van der Waals surface area contributed by atoms with Gasteiger partial charge >= 0.3 is 0 Å². The second-order valence-corrected chi connectivity index (χ2v) is 7.40. The smallest absolute Gasteiger partial charge is 0.237 e. The fourth-order valence-corrected chi connectivity index (χ4v) is 3.89. The number of carbonyl (C=O) groups is 1. The minimum Gasteiger partial charge on any atom is -0.352 e. The number of hydrogen-bond donors (Lipinski definition) is 1. The highest BCUT2D eigenvalue weighted by atomic mass is 16.2. The number of benzene rings is 1. The Kier molecular flexibility index (Phi) is 5.90. The Labute approximate surface area is 146 Å². The summed E-state index contributed by atoms with van der Waals surface area (Å²) < 4.78 is 0. The van der Waals surface area contributed by atoms with Crippen LogP contribution < -0.4 is 5.32 Å². The minimum atomic E-state index is -0.00814. The number of nitrogens with one attached hydrogen (secondary N) is 1. The van der Waals surface area contributed by atoms with Crippen LogP contribution in [-0.4, -0.2) is 54.0 Å². The Morgan fingerprint density at radius 3 is 2.50 bits per heavy atom. The fraction of sp³-hybridized carbons (Fsp3) is 0.650. The van der Waals surface area contributed by atoms with Crippen molar-refractivity contribution >= 4 is 5.91 Å². The van der Waals surface area contributed by atoms with E-state index in [1.165, 1.54) is 24.0 Å². The molecule has 0 radical (unpaired) electrons. The first-order valence-corrected chi connectivity index (χ1v) is 9.45. The lowest BCUT2D eigenvalue weighted by atomic mass is 10.1. The summed E-state index contributed by atoms with van der Waals surface area (Å²) in [7, 11) is 0. The molecule has 1 aromatic rings. The lowest BCUT2D eigenvalue weighted by Gasteiger charge is -2.37. The Bertz CT molecular complexity index is 546. The highest BCUT2D eigenvalue weighted by Crippen LogP contribution is 2.18. The number of piperazine rings is 1. The van der Waals surface area contributed by atoms with Crippen LogP contribution in [0, 0.1) is 6.92 Å². The first-order valence-electron chi connectivity index (χ1n) is 9.45. The van der Waals surface area contributed by atoms with Crippen LogP contribution in [0.3, 0.4) is 0 Å². The molecule has 1 aromatic carbocycles. The van der Waals surface area contributed by atoms with Crippen molar-refractivity contribution in [1.82, 2.24) is 15.1 Å². The van der Waals surface area contributed by atoms with E-state index in [2.05, 4.69) is 53.2 Å². The van der Waals surface area contributed by atoms with Gasteiger partial charge in [0.1, 0.15) is 0 Å². The molecule has 24 heavy (non-hydrogen) atoms. The molecule has 4 nitrogen and oxygen atoms in total. The molecule has 0 bridgehead atoms. The van der Waals surface area contributed by atoms with Crippen molar-refractivity contribution in [1.29, 1.82) is 0 Å². The zero-order chi connectivity index (χ0) is 16.9. The highest BCUT2D eigenvalue weighted by molar-refractivity contribution is 5.81. The second kappa shape index (κ2) is 8.13. The van der Waals surface area contributed by atoms with Crippen LogP contribution in [0.4, 0.5) is 0 Å². The van der Waals surface area contributed by atoms with Crippen LogP contribution >= 0.6 is 0 Å². The van der Waals surface area contributed by atoms with Crippen LogP contribution in [0.5, 0.6) is 0 Å². The van der Waals surface area contributed by atoms with Gasteiger partial charge in [0.2, 0.25) is 5.91 Å². The van der Waals surface area contributed by atoms with E-state index in [-0.39, 0.29) is 11.9 Å². The van der Waals surface area contributed by atoms with Crippen LogP contribution in [0.1, 0.15) is 43.7 Å². The molecule has 1 heterocycles. The average Bonchev–Trinajstić information content (AvgIpc) is 3.10. The summed E-state index contributed by atoms with van der Waals surface area (Å²) in [5.41, 5.74) is 2.78. The Balaban J connectivity index is 1.45. The van der Waals surface area contributed by atoms with Crippen LogP contribution in [0.25, 0.3) is 0 Å². The highest BCUT2D eigenvalue weighted by Gasteiger charge is 2.27. The van der Waals surface area contributed by atoms with Gasteiger partial charge in [0, 0.05) is 38.8 Å². The number of nitrogens with zero attached hydrogens (tertiary/aromatic N) is 2. The second-order valence-electron chi connectivity index (χ2n) is 7.40. The number of amides is 1. The first-order chi connectivity index (χ1) is 11.6. The molecule has 3 rings (SSSR count). The number of carbonyl (C=O) groups excluding carboxylic acids is 1. The zero-order valence-corrected chi connectivity index (χ0v) is 15.1. The van der Waals surface area contributed by atoms with Gasteiger partial charge in [-0.25, -0.2) is 0 Å². The summed E-state index contributed by atoms with van der Waals surface area (Å²) in [5.74, 6) is 0.217. The van der Waals surface area contributed by atoms with Crippen molar-refractivity contribution in [2.75, 3.05) is 26.2 Å². The van der Waals surface area contributed by atoms with Crippen molar-refractivity contribution in [3.63, 3.8) is 0 Å². The molecule has 4 heteroatoms. The quantitative estimate of drug-likeness (QED) is 0.902. The fourth-order valence-electron chi connectivity index (χ4n) is 3.89. The summed E-state index contributed by atoms with van der Waals surface area (Å²) >= 11 is 0. The van der Waals surface area contributed by atoms with Gasteiger partial charge in [0.05, 0.1) is 6.04 Å². The van der Waals surface area contributed by atoms with E-state index in [1.807, 2.05) is 0 Å². The number of hydrogen-bond acceptors (Lipinski definition) is 3. The molecule has 1 saturated heterocycles. The van der Waals surface area contributed by atoms with Gasteiger partial charge in [-0.1, -0.05) is 37.1 Å². The third-order valence-corrected chi connectivity index (χ3v) is 5.69. The molecule has 1 N–H and O–H groups in total. The third-order valence-electron chi connectivity index (χ3n) is 5.69. The SMILES string of the molecule is Cc1ccccc1CN1CCN([C@H](C)C(=O)NC2CCCC2)CC1. The van der Waals surface area contributed by atoms with Gasteiger partial charge in [-0.3, -0.25) is 14.6 Å². The molecule has 2 aliphatic rings. The van der Waals surface area contributed by atoms with E-state index in [9.17, 15) is 4.79 Å². The van der Waals surface area contributed by atoms with Crippen molar-refractivity contribution in [3.05, 3.63) is 35.4 Å². The lowest BCUT2D eigenvalue weighted by molar-refractivity contribution is -0.127. The van der Waals surface area contributed by atoms with E-state index in [1.54, 1.807) is 0 Å². The van der Waals surface area contributed by atoms with Gasteiger partial charge in [-0.15, -0.1) is 0 Å². The van der Waals surface area contributed by atoms with Crippen molar-refractivity contribution in [2.45, 2.75) is 58.2 Å². The van der Waals surface area contributed by atoms with E-state index in [4.69, 9.17) is 0 Å². The van der Waals surface area contributed by atoms with E-state index < -0.39 is 0 Å². The predicted molar refractivity (Wildman–Crippen MR) is 97.9 cm³/mol. The molecule has 0 aromatic heterocycles. The van der Waals surface area contributed by atoms with Crippen molar-refractivity contribution in [2.24, 2.45) is 0 Å².